The van der Waals surface area contributed by atoms with Gasteiger partial charge < -0.3 is 5.11 Å². The molecule has 1 aromatic rings. The van der Waals surface area contributed by atoms with Crippen LogP contribution in [0.2, 0.25) is 0 Å². The predicted octanol–water partition coefficient (Wildman–Crippen LogP) is 2.95. The van der Waals surface area contributed by atoms with Crippen LogP contribution in [0.4, 0.5) is 22.0 Å². The molecule has 1 aromatic carbocycles. The Kier molecular flexibility index (Phi) is 4.33. The fourth-order valence-electron chi connectivity index (χ4n) is 0.952. The SMILES string of the molecule is O=C(O)CCSc1c(F)c(F)c(F)c(F)c1F. The van der Waals surface area contributed by atoms with Crippen molar-refractivity contribution in [2.75, 3.05) is 5.75 Å². The number of carbonyl (C=O) groups is 1. The summed E-state index contributed by atoms with van der Waals surface area (Å²) in [6.45, 7) is 0. The summed E-state index contributed by atoms with van der Waals surface area (Å²) >= 11 is 0.262. The van der Waals surface area contributed by atoms with Crippen LogP contribution >= 0.6 is 11.8 Å². The average Bonchev–Trinajstić information content (AvgIpc) is 2.28. The fraction of sp³-hybridized carbons (Fsp3) is 0.222. The van der Waals surface area contributed by atoms with Gasteiger partial charge >= 0.3 is 5.97 Å². The molecule has 0 radical (unpaired) electrons. The summed E-state index contributed by atoms with van der Waals surface area (Å²) in [5.41, 5.74) is 0. The summed E-state index contributed by atoms with van der Waals surface area (Å²) in [6.07, 6.45) is -0.454. The van der Waals surface area contributed by atoms with Crippen molar-refractivity contribution < 1.29 is 31.9 Å². The van der Waals surface area contributed by atoms with Crippen molar-refractivity contribution in [1.82, 2.24) is 0 Å². The number of rotatable bonds is 4. The molecular weight excluding hydrogens is 267 g/mol. The third kappa shape index (κ3) is 2.87. The van der Waals surface area contributed by atoms with E-state index >= 15 is 0 Å². The summed E-state index contributed by atoms with van der Waals surface area (Å²) in [4.78, 5) is 9.07. The van der Waals surface area contributed by atoms with Gasteiger partial charge in [-0.05, 0) is 0 Å². The molecule has 0 amide bonds. The largest absolute Gasteiger partial charge is 0.481 e. The molecule has 0 heterocycles. The van der Waals surface area contributed by atoms with Crippen molar-refractivity contribution in [3.05, 3.63) is 29.1 Å². The molecule has 0 saturated heterocycles. The minimum absolute atomic E-state index is 0.262. The van der Waals surface area contributed by atoms with E-state index in [4.69, 9.17) is 5.11 Å². The molecule has 0 bridgehead atoms. The highest BCUT2D eigenvalue weighted by atomic mass is 32.2. The number of hydrogen-bond acceptors (Lipinski definition) is 2. The first-order valence-corrected chi connectivity index (χ1v) is 5.20. The van der Waals surface area contributed by atoms with Crippen molar-refractivity contribution in [2.24, 2.45) is 0 Å². The molecule has 1 rings (SSSR count). The Labute approximate surface area is 96.4 Å². The smallest absolute Gasteiger partial charge is 0.304 e. The van der Waals surface area contributed by atoms with Crippen LogP contribution < -0.4 is 0 Å². The maximum absolute atomic E-state index is 13.0. The van der Waals surface area contributed by atoms with E-state index in [1.807, 2.05) is 0 Å². The summed E-state index contributed by atoms with van der Waals surface area (Å²) < 4.78 is 64.1. The first-order valence-electron chi connectivity index (χ1n) is 4.22. The molecule has 0 saturated carbocycles. The van der Waals surface area contributed by atoms with E-state index in [0.717, 1.165) is 0 Å². The van der Waals surface area contributed by atoms with Gasteiger partial charge in [0.1, 0.15) is 0 Å². The Morgan fingerprint density at radius 3 is 1.76 bits per heavy atom. The summed E-state index contributed by atoms with van der Waals surface area (Å²) in [7, 11) is 0. The highest BCUT2D eigenvalue weighted by Crippen LogP contribution is 2.31. The lowest BCUT2D eigenvalue weighted by Gasteiger charge is -2.06. The average molecular weight is 272 g/mol. The lowest BCUT2D eigenvalue weighted by Crippen LogP contribution is -2.04. The molecule has 0 aliphatic heterocycles. The molecule has 8 heteroatoms. The number of carboxylic acid groups (broad SMARTS) is 1. The highest BCUT2D eigenvalue weighted by molar-refractivity contribution is 7.99. The molecule has 0 spiro atoms. The van der Waals surface area contributed by atoms with Crippen molar-refractivity contribution in [1.29, 1.82) is 0 Å². The Bertz CT molecular complexity index is 434. The van der Waals surface area contributed by atoms with Crippen molar-refractivity contribution in [3.63, 3.8) is 0 Å². The van der Waals surface area contributed by atoms with Crippen LogP contribution in [-0.4, -0.2) is 16.8 Å². The van der Waals surface area contributed by atoms with Crippen LogP contribution in [0.1, 0.15) is 6.42 Å². The summed E-state index contributed by atoms with van der Waals surface area (Å²) in [6, 6.07) is 0. The lowest BCUT2D eigenvalue weighted by molar-refractivity contribution is -0.136. The molecule has 1 N–H and O–H groups in total. The van der Waals surface area contributed by atoms with Gasteiger partial charge in [-0.2, -0.15) is 0 Å². The topological polar surface area (TPSA) is 37.3 Å². The molecule has 0 fully saturated rings. The molecule has 0 aliphatic carbocycles. The second-order valence-electron chi connectivity index (χ2n) is 2.89. The summed E-state index contributed by atoms with van der Waals surface area (Å²) in [5, 5.41) is 8.27. The Morgan fingerprint density at radius 2 is 1.35 bits per heavy atom. The van der Waals surface area contributed by atoms with Gasteiger partial charge in [0.2, 0.25) is 5.82 Å². The maximum atomic E-state index is 13.0. The van der Waals surface area contributed by atoms with Crippen LogP contribution in [0.5, 0.6) is 0 Å². The number of aliphatic carboxylic acids is 1. The van der Waals surface area contributed by atoms with Gasteiger partial charge in [0.15, 0.2) is 23.3 Å². The van der Waals surface area contributed by atoms with Crippen molar-refractivity contribution in [2.45, 2.75) is 11.3 Å². The number of thioether (sulfide) groups is 1. The Morgan fingerprint density at radius 1 is 0.941 bits per heavy atom. The highest BCUT2D eigenvalue weighted by Gasteiger charge is 2.25. The molecule has 17 heavy (non-hydrogen) atoms. The van der Waals surface area contributed by atoms with Gasteiger partial charge in [-0.3, -0.25) is 4.79 Å². The standard InChI is InChI=1S/C9H5F5O2S/c10-4-5(11)7(13)9(8(14)6(4)12)17-2-1-3(15)16/h1-2H2,(H,15,16). The zero-order valence-electron chi connectivity index (χ0n) is 8.07. The lowest BCUT2D eigenvalue weighted by atomic mass is 10.3. The number of hydrogen-bond donors (Lipinski definition) is 1. The third-order valence-electron chi connectivity index (χ3n) is 1.73. The van der Waals surface area contributed by atoms with Gasteiger partial charge in [-0.1, -0.05) is 0 Å². The molecule has 0 aromatic heterocycles. The van der Waals surface area contributed by atoms with E-state index in [2.05, 4.69) is 0 Å². The van der Waals surface area contributed by atoms with E-state index in [9.17, 15) is 26.7 Å². The normalized spacial score (nSPS) is 10.6. The van der Waals surface area contributed by atoms with Gasteiger partial charge in [-0.15, -0.1) is 11.8 Å². The molecule has 94 valence electrons. The first kappa shape index (κ1) is 13.8. The van der Waals surface area contributed by atoms with E-state index in [1.165, 1.54) is 0 Å². The van der Waals surface area contributed by atoms with E-state index in [1.54, 1.807) is 0 Å². The monoisotopic (exact) mass is 272 g/mol. The van der Waals surface area contributed by atoms with E-state index < -0.39 is 46.4 Å². The summed E-state index contributed by atoms with van der Waals surface area (Å²) in [5.74, 6) is -11.7. The minimum atomic E-state index is -2.23. The molecule has 0 atom stereocenters. The van der Waals surface area contributed by atoms with Gasteiger partial charge in [0.25, 0.3) is 0 Å². The van der Waals surface area contributed by atoms with Crippen LogP contribution in [0, 0.1) is 29.1 Å². The van der Waals surface area contributed by atoms with Crippen LogP contribution in [0.15, 0.2) is 4.90 Å². The van der Waals surface area contributed by atoms with Crippen LogP contribution in [0.25, 0.3) is 0 Å². The molecule has 0 aliphatic rings. The Balaban J connectivity index is 3.03. The zero-order chi connectivity index (χ0) is 13.2. The fourth-order valence-corrected chi connectivity index (χ4v) is 1.87. The second-order valence-corrected chi connectivity index (χ2v) is 4.00. The van der Waals surface area contributed by atoms with Gasteiger partial charge in [-0.25, -0.2) is 22.0 Å². The Hall–Kier alpha value is -1.31. The third-order valence-corrected chi connectivity index (χ3v) is 2.79. The van der Waals surface area contributed by atoms with Crippen molar-refractivity contribution >= 4 is 17.7 Å². The molecule has 0 unspecified atom stereocenters. The zero-order valence-corrected chi connectivity index (χ0v) is 8.88. The van der Waals surface area contributed by atoms with Crippen LogP contribution in [0.3, 0.4) is 0 Å². The van der Waals surface area contributed by atoms with E-state index in [0.29, 0.717) is 0 Å². The number of carboxylic acids is 1. The van der Waals surface area contributed by atoms with Gasteiger partial charge in [0, 0.05) is 5.75 Å². The minimum Gasteiger partial charge on any atom is -0.481 e. The van der Waals surface area contributed by atoms with Crippen molar-refractivity contribution in [3.8, 4) is 0 Å². The molecule has 2 nitrogen and oxygen atoms in total. The van der Waals surface area contributed by atoms with E-state index in [-0.39, 0.29) is 17.5 Å². The predicted molar refractivity (Wildman–Crippen MR) is 49.2 cm³/mol. The number of benzene rings is 1. The molecular formula is C9H5F5O2S. The van der Waals surface area contributed by atoms with Crippen LogP contribution in [-0.2, 0) is 4.79 Å². The second kappa shape index (κ2) is 5.35. The maximum Gasteiger partial charge on any atom is 0.304 e. The number of halogens is 5. The first-order chi connectivity index (χ1) is 7.86. The van der Waals surface area contributed by atoms with Gasteiger partial charge in [0.05, 0.1) is 11.3 Å². The quantitative estimate of drug-likeness (QED) is 0.396.